The summed E-state index contributed by atoms with van der Waals surface area (Å²) in [4.78, 5) is 11.7. The second-order valence-electron chi connectivity index (χ2n) is 5.59. The third-order valence-electron chi connectivity index (χ3n) is 2.69. The van der Waals surface area contributed by atoms with E-state index in [0.29, 0.717) is 6.54 Å². The van der Waals surface area contributed by atoms with E-state index in [4.69, 9.17) is 9.47 Å². The van der Waals surface area contributed by atoms with Gasteiger partial charge in [0.25, 0.3) is 0 Å². The number of benzene rings is 1. The third kappa shape index (κ3) is 5.48. The molecule has 0 saturated heterocycles. The van der Waals surface area contributed by atoms with Crippen molar-refractivity contribution in [1.82, 2.24) is 10.6 Å². The molecule has 0 aromatic heterocycles. The second kappa shape index (κ2) is 7.14. The molecule has 1 aromatic carbocycles. The van der Waals surface area contributed by atoms with Crippen LogP contribution in [0.1, 0.15) is 32.4 Å². The summed E-state index contributed by atoms with van der Waals surface area (Å²) >= 11 is 0. The highest BCUT2D eigenvalue weighted by Crippen LogP contribution is 2.20. The van der Waals surface area contributed by atoms with Crippen LogP contribution in [0.3, 0.4) is 0 Å². The largest absolute Gasteiger partial charge is 0.497 e. The van der Waals surface area contributed by atoms with Gasteiger partial charge < -0.3 is 20.1 Å². The maximum atomic E-state index is 11.7. The van der Waals surface area contributed by atoms with Crippen molar-refractivity contribution in [3.05, 3.63) is 29.8 Å². The highest BCUT2D eigenvalue weighted by molar-refractivity contribution is 5.74. The standard InChI is InChI=1S/C15H24N2O3/c1-15(2,3)17-14(18)16-10-13(20-5)11-7-6-8-12(9-11)19-4/h6-9,13H,10H2,1-5H3,(H2,16,17,18)/t13-/m1/s1. The molecule has 0 aliphatic rings. The van der Waals surface area contributed by atoms with Gasteiger partial charge in [-0.3, -0.25) is 0 Å². The number of methoxy groups -OCH3 is 2. The van der Waals surface area contributed by atoms with Crippen molar-refractivity contribution in [3.8, 4) is 5.75 Å². The van der Waals surface area contributed by atoms with E-state index in [9.17, 15) is 4.79 Å². The molecule has 5 heteroatoms. The summed E-state index contributed by atoms with van der Waals surface area (Å²) in [7, 11) is 3.24. The van der Waals surface area contributed by atoms with E-state index in [1.54, 1.807) is 14.2 Å². The normalized spacial score (nSPS) is 12.7. The van der Waals surface area contributed by atoms with E-state index < -0.39 is 0 Å². The first kappa shape index (κ1) is 16.3. The SMILES string of the molecule is COc1cccc([C@@H](CNC(=O)NC(C)(C)C)OC)c1. The fraction of sp³-hybridized carbons (Fsp3) is 0.533. The molecule has 0 aliphatic carbocycles. The minimum atomic E-state index is -0.261. The molecule has 0 bridgehead atoms. The molecule has 1 aromatic rings. The maximum absolute atomic E-state index is 11.7. The lowest BCUT2D eigenvalue weighted by molar-refractivity contribution is 0.103. The molecule has 0 radical (unpaired) electrons. The van der Waals surface area contributed by atoms with Gasteiger partial charge in [0.05, 0.1) is 13.2 Å². The molecule has 5 nitrogen and oxygen atoms in total. The Balaban J connectivity index is 2.61. The second-order valence-corrected chi connectivity index (χ2v) is 5.59. The quantitative estimate of drug-likeness (QED) is 0.871. The van der Waals surface area contributed by atoms with Crippen LogP contribution in [0.4, 0.5) is 4.79 Å². The van der Waals surface area contributed by atoms with Gasteiger partial charge in [-0.1, -0.05) is 12.1 Å². The summed E-state index contributed by atoms with van der Waals surface area (Å²) in [5.41, 5.74) is 0.700. The average Bonchev–Trinajstić information content (AvgIpc) is 2.37. The molecule has 20 heavy (non-hydrogen) atoms. The first-order valence-electron chi connectivity index (χ1n) is 6.58. The number of hydrogen-bond acceptors (Lipinski definition) is 3. The van der Waals surface area contributed by atoms with Gasteiger partial charge in [0.1, 0.15) is 5.75 Å². The molecular weight excluding hydrogens is 256 g/mol. The van der Waals surface area contributed by atoms with E-state index in [1.165, 1.54) is 0 Å². The first-order chi connectivity index (χ1) is 9.35. The van der Waals surface area contributed by atoms with Crippen molar-refractivity contribution in [2.75, 3.05) is 20.8 Å². The lowest BCUT2D eigenvalue weighted by atomic mass is 10.1. The molecule has 2 N–H and O–H groups in total. The average molecular weight is 280 g/mol. The number of hydrogen-bond donors (Lipinski definition) is 2. The predicted octanol–water partition coefficient (Wildman–Crippen LogP) is 2.48. The molecule has 0 saturated carbocycles. The van der Waals surface area contributed by atoms with E-state index in [2.05, 4.69) is 10.6 Å². The van der Waals surface area contributed by atoms with Crippen LogP contribution in [0, 0.1) is 0 Å². The zero-order valence-electron chi connectivity index (χ0n) is 12.8. The van der Waals surface area contributed by atoms with Crippen LogP contribution in [0.2, 0.25) is 0 Å². The van der Waals surface area contributed by atoms with Crippen molar-refractivity contribution in [2.24, 2.45) is 0 Å². The van der Waals surface area contributed by atoms with Gasteiger partial charge in [-0.15, -0.1) is 0 Å². The van der Waals surface area contributed by atoms with Crippen LogP contribution in [-0.2, 0) is 4.74 Å². The summed E-state index contributed by atoms with van der Waals surface area (Å²) in [5, 5.41) is 5.65. The van der Waals surface area contributed by atoms with Gasteiger partial charge >= 0.3 is 6.03 Å². The van der Waals surface area contributed by atoms with E-state index >= 15 is 0 Å². The lowest BCUT2D eigenvalue weighted by Gasteiger charge is -2.22. The first-order valence-corrected chi connectivity index (χ1v) is 6.58. The van der Waals surface area contributed by atoms with Crippen molar-refractivity contribution in [3.63, 3.8) is 0 Å². The number of nitrogens with one attached hydrogen (secondary N) is 2. The number of carbonyl (C=O) groups is 1. The van der Waals surface area contributed by atoms with Crippen molar-refractivity contribution >= 4 is 6.03 Å². The number of rotatable bonds is 5. The minimum absolute atomic E-state index is 0.206. The van der Waals surface area contributed by atoms with Crippen LogP contribution < -0.4 is 15.4 Å². The number of urea groups is 1. The fourth-order valence-corrected chi connectivity index (χ4v) is 1.75. The Morgan fingerprint density at radius 2 is 2.00 bits per heavy atom. The Kier molecular flexibility index (Phi) is 5.82. The number of amides is 2. The molecule has 1 rings (SSSR count). The zero-order chi connectivity index (χ0) is 15.2. The fourth-order valence-electron chi connectivity index (χ4n) is 1.75. The molecular formula is C15H24N2O3. The Labute approximate surface area is 120 Å². The highest BCUT2D eigenvalue weighted by atomic mass is 16.5. The van der Waals surface area contributed by atoms with Crippen LogP contribution in [0.25, 0.3) is 0 Å². The number of ether oxygens (including phenoxy) is 2. The summed E-state index contributed by atoms with van der Waals surface area (Å²) < 4.78 is 10.6. The van der Waals surface area contributed by atoms with E-state index in [-0.39, 0.29) is 17.7 Å². The molecule has 0 fully saturated rings. The van der Waals surface area contributed by atoms with Gasteiger partial charge in [-0.25, -0.2) is 4.79 Å². The highest BCUT2D eigenvalue weighted by Gasteiger charge is 2.16. The van der Waals surface area contributed by atoms with Crippen LogP contribution in [0.15, 0.2) is 24.3 Å². The number of carbonyl (C=O) groups excluding carboxylic acids is 1. The molecule has 2 amide bonds. The van der Waals surface area contributed by atoms with Crippen molar-refractivity contribution in [1.29, 1.82) is 0 Å². The van der Waals surface area contributed by atoms with E-state index in [0.717, 1.165) is 11.3 Å². The smallest absolute Gasteiger partial charge is 0.315 e. The molecule has 0 heterocycles. The van der Waals surface area contributed by atoms with Gasteiger partial charge in [-0.05, 0) is 38.5 Å². The van der Waals surface area contributed by atoms with Crippen LogP contribution >= 0.6 is 0 Å². The minimum Gasteiger partial charge on any atom is -0.497 e. The Bertz CT molecular complexity index is 441. The van der Waals surface area contributed by atoms with Gasteiger partial charge in [-0.2, -0.15) is 0 Å². The topological polar surface area (TPSA) is 59.6 Å². The zero-order valence-corrected chi connectivity index (χ0v) is 12.8. The molecule has 1 atom stereocenters. The summed E-state index contributed by atoms with van der Waals surface area (Å²) in [6.07, 6.45) is -0.212. The van der Waals surface area contributed by atoms with Crippen LogP contribution in [-0.4, -0.2) is 32.3 Å². The summed E-state index contributed by atoms with van der Waals surface area (Å²) in [6, 6.07) is 7.41. The summed E-state index contributed by atoms with van der Waals surface area (Å²) in [5.74, 6) is 0.767. The Morgan fingerprint density at radius 3 is 2.55 bits per heavy atom. The van der Waals surface area contributed by atoms with Crippen molar-refractivity contribution < 1.29 is 14.3 Å². The monoisotopic (exact) mass is 280 g/mol. The van der Waals surface area contributed by atoms with Gasteiger partial charge in [0, 0.05) is 19.2 Å². The van der Waals surface area contributed by atoms with Gasteiger partial charge in [0.2, 0.25) is 0 Å². The predicted molar refractivity (Wildman–Crippen MR) is 79.0 cm³/mol. The molecule has 112 valence electrons. The molecule has 0 unspecified atom stereocenters. The summed E-state index contributed by atoms with van der Waals surface area (Å²) in [6.45, 7) is 6.19. The third-order valence-corrected chi connectivity index (χ3v) is 2.69. The Hall–Kier alpha value is -1.75. The Morgan fingerprint density at radius 1 is 1.30 bits per heavy atom. The molecule has 0 aliphatic heterocycles. The van der Waals surface area contributed by atoms with E-state index in [1.807, 2.05) is 45.0 Å². The van der Waals surface area contributed by atoms with Crippen molar-refractivity contribution in [2.45, 2.75) is 32.4 Å². The van der Waals surface area contributed by atoms with Gasteiger partial charge in [0.15, 0.2) is 0 Å². The lowest BCUT2D eigenvalue weighted by Crippen LogP contribution is -2.47. The molecule has 0 spiro atoms. The maximum Gasteiger partial charge on any atom is 0.315 e. The van der Waals surface area contributed by atoms with Crippen LogP contribution in [0.5, 0.6) is 5.75 Å².